The summed E-state index contributed by atoms with van der Waals surface area (Å²) in [6.45, 7) is 1.48. The van der Waals surface area contributed by atoms with Crippen molar-refractivity contribution < 1.29 is 29.0 Å². The van der Waals surface area contributed by atoms with E-state index in [0.717, 1.165) is 0 Å². The molecule has 1 aliphatic rings. The first-order valence-electron chi connectivity index (χ1n) is 8.45. The SMILES string of the molecule is COCC(C)(CC(=O)O)NC(=O)CCC(=O)N1CC(=O)Nc2ccccc21. The lowest BCUT2D eigenvalue weighted by molar-refractivity contribution is -0.140. The molecule has 1 aliphatic heterocycles. The van der Waals surface area contributed by atoms with Crippen LogP contribution in [0.3, 0.4) is 0 Å². The van der Waals surface area contributed by atoms with Crippen molar-refractivity contribution >= 4 is 35.1 Å². The number of nitrogens with one attached hydrogen (secondary N) is 2. The number of carboxylic acid groups (broad SMARTS) is 1. The van der Waals surface area contributed by atoms with E-state index in [-0.39, 0.29) is 44.2 Å². The minimum atomic E-state index is -1.07. The van der Waals surface area contributed by atoms with Crippen LogP contribution in [-0.4, -0.2) is 54.6 Å². The minimum Gasteiger partial charge on any atom is -0.481 e. The minimum absolute atomic E-state index is 0.0264. The second kappa shape index (κ2) is 8.63. The van der Waals surface area contributed by atoms with Gasteiger partial charge < -0.3 is 25.4 Å². The zero-order valence-corrected chi connectivity index (χ0v) is 15.3. The molecule has 3 amide bonds. The Morgan fingerprint density at radius 3 is 2.67 bits per heavy atom. The van der Waals surface area contributed by atoms with Crippen LogP contribution in [0.1, 0.15) is 26.2 Å². The number of ether oxygens (including phenoxy) is 1. The van der Waals surface area contributed by atoms with Crippen molar-refractivity contribution in [2.75, 3.05) is 30.5 Å². The van der Waals surface area contributed by atoms with Crippen molar-refractivity contribution in [1.82, 2.24) is 5.32 Å². The number of hydrogen-bond acceptors (Lipinski definition) is 5. The third-order valence-electron chi connectivity index (χ3n) is 4.08. The summed E-state index contributed by atoms with van der Waals surface area (Å²) in [5.74, 6) is -2.19. The van der Waals surface area contributed by atoms with Crippen molar-refractivity contribution in [1.29, 1.82) is 0 Å². The van der Waals surface area contributed by atoms with Gasteiger partial charge in [-0.2, -0.15) is 0 Å². The smallest absolute Gasteiger partial charge is 0.305 e. The number of carboxylic acids is 1. The summed E-state index contributed by atoms with van der Waals surface area (Å²) in [7, 11) is 1.41. The Morgan fingerprint density at radius 2 is 2.00 bits per heavy atom. The second-order valence-corrected chi connectivity index (χ2v) is 6.66. The number of aliphatic carboxylic acids is 1. The van der Waals surface area contributed by atoms with Crippen LogP contribution in [0.4, 0.5) is 11.4 Å². The summed E-state index contributed by atoms with van der Waals surface area (Å²) >= 11 is 0. The highest BCUT2D eigenvalue weighted by atomic mass is 16.5. The van der Waals surface area contributed by atoms with Gasteiger partial charge in [0, 0.05) is 20.0 Å². The lowest BCUT2D eigenvalue weighted by atomic mass is 9.98. The first kappa shape index (κ1) is 20.4. The number of rotatable bonds is 8. The molecule has 0 aromatic heterocycles. The number of carbonyl (C=O) groups is 4. The van der Waals surface area contributed by atoms with Gasteiger partial charge in [0.25, 0.3) is 0 Å². The lowest BCUT2D eigenvalue weighted by Crippen LogP contribution is -2.51. The molecule has 1 unspecified atom stereocenters. The third kappa shape index (κ3) is 5.52. The van der Waals surface area contributed by atoms with Crippen LogP contribution < -0.4 is 15.5 Å². The molecule has 27 heavy (non-hydrogen) atoms. The molecule has 1 atom stereocenters. The van der Waals surface area contributed by atoms with E-state index in [1.54, 1.807) is 31.2 Å². The maximum absolute atomic E-state index is 12.5. The van der Waals surface area contributed by atoms with Gasteiger partial charge in [-0.3, -0.25) is 19.2 Å². The van der Waals surface area contributed by atoms with Gasteiger partial charge in [0.15, 0.2) is 0 Å². The summed E-state index contributed by atoms with van der Waals surface area (Å²) < 4.78 is 4.98. The topological polar surface area (TPSA) is 125 Å². The number of amides is 3. The fourth-order valence-corrected chi connectivity index (χ4v) is 2.99. The van der Waals surface area contributed by atoms with E-state index in [4.69, 9.17) is 9.84 Å². The highest BCUT2D eigenvalue weighted by Crippen LogP contribution is 2.29. The molecule has 146 valence electrons. The predicted octanol–water partition coefficient (Wildman–Crippen LogP) is 0.748. The van der Waals surface area contributed by atoms with Gasteiger partial charge in [0.1, 0.15) is 6.54 Å². The molecular formula is C18H23N3O6. The number of anilines is 2. The Morgan fingerprint density at radius 1 is 1.30 bits per heavy atom. The number of benzene rings is 1. The Labute approximate surface area is 156 Å². The fourth-order valence-electron chi connectivity index (χ4n) is 2.99. The monoisotopic (exact) mass is 377 g/mol. The van der Waals surface area contributed by atoms with Gasteiger partial charge in [0.2, 0.25) is 17.7 Å². The molecule has 1 aromatic rings. The number of methoxy groups -OCH3 is 1. The highest BCUT2D eigenvalue weighted by Gasteiger charge is 2.31. The average molecular weight is 377 g/mol. The number of fused-ring (bicyclic) bond motifs is 1. The van der Waals surface area contributed by atoms with Crippen LogP contribution in [-0.2, 0) is 23.9 Å². The quantitative estimate of drug-likeness (QED) is 0.614. The molecule has 0 saturated carbocycles. The van der Waals surface area contributed by atoms with Crippen LogP contribution in [0.15, 0.2) is 24.3 Å². The van der Waals surface area contributed by atoms with Crippen LogP contribution in [0, 0.1) is 0 Å². The molecule has 0 fully saturated rings. The number of nitrogens with zero attached hydrogens (tertiary/aromatic N) is 1. The zero-order chi connectivity index (χ0) is 20.0. The number of hydrogen-bond donors (Lipinski definition) is 3. The van der Waals surface area contributed by atoms with Crippen LogP contribution in [0.25, 0.3) is 0 Å². The maximum atomic E-state index is 12.5. The molecule has 9 nitrogen and oxygen atoms in total. The van der Waals surface area contributed by atoms with Crippen molar-refractivity contribution in [3.8, 4) is 0 Å². The molecule has 0 radical (unpaired) electrons. The van der Waals surface area contributed by atoms with E-state index in [2.05, 4.69) is 10.6 Å². The van der Waals surface area contributed by atoms with Crippen LogP contribution in [0.2, 0.25) is 0 Å². The third-order valence-corrected chi connectivity index (χ3v) is 4.08. The average Bonchev–Trinajstić information content (AvgIpc) is 2.58. The van der Waals surface area contributed by atoms with E-state index in [9.17, 15) is 19.2 Å². The molecule has 0 bridgehead atoms. The van der Waals surface area contributed by atoms with Crippen molar-refractivity contribution in [3.05, 3.63) is 24.3 Å². The number of carbonyl (C=O) groups excluding carboxylic acids is 3. The van der Waals surface area contributed by atoms with Crippen molar-refractivity contribution in [3.63, 3.8) is 0 Å². The van der Waals surface area contributed by atoms with Gasteiger partial charge in [0.05, 0.1) is 29.9 Å². The van der Waals surface area contributed by atoms with E-state index in [1.807, 2.05) is 0 Å². The predicted molar refractivity (Wildman–Crippen MR) is 97.3 cm³/mol. The number of para-hydroxylation sites is 2. The maximum Gasteiger partial charge on any atom is 0.305 e. The van der Waals surface area contributed by atoms with E-state index < -0.39 is 17.4 Å². The zero-order valence-electron chi connectivity index (χ0n) is 15.3. The molecule has 9 heteroatoms. The molecule has 1 aromatic carbocycles. The second-order valence-electron chi connectivity index (χ2n) is 6.66. The summed E-state index contributed by atoms with van der Waals surface area (Å²) in [5, 5.41) is 14.3. The molecule has 0 aliphatic carbocycles. The van der Waals surface area contributed by atoms with Crippen molar-refractivity contribution in [2.24, 2.45) is 0 Å². The van der Waals surface area contributed by atoms with Gasteiger partial charge in [-0.05, 0) is 19.1 Å². The first-order valence-corrected chi connectivity index (χ1v) is 8.45. The van der Waals surface area contributed by atoms with Crippen molar-refractivity contribution in [2.45, 2.75) is 31.7 Å². The van der Waals surface area contributed by atoms with Gasteiger partial charge >= 0.3 is 5.97 Å². The normalized spacial score (nSPS) is 15.3. The van der Waals surface area contributed by atoms with Gasteiger partial charge in [-0.25, -0.2) is 0 Å². The molecule has 0 spiro atoms. The Balaban J connectivity index is 1.98. The van der Waals surface area contributed by atoms with E-state index in [1.165, 1.54) is 12.0 Å². The Kier molecular flexibility index (Phi) is 6.51. The standard InChI is InChI=1S/C18H23N3O6/c1-18(11-27-2,9-17(25)26)20-14(22)7-8-16(24)21-10-15(23)19-12-5-3-4-6-13(12)21/h3-6H,7-11H2,1-2H3,(H,19,23)(H,20,22)(H,25,26). The molecule has 0 saturated heterocycles. The van der Waals surface area contributed by atoms with Crippen LogP contribution in [0.5, 0.6) is 0 Å². The molecule has 1 heterocycles. The van der Waals surface area contributed by atoms with E-state index in [0.29, 0.717) is 11.4 Å². The van der Waals surface area contributed by atoms with Gasteiger partial charge in [-0.1, -0.05) is 12.1 Å². The summed E-state index contributed by atoms with van der Waals surface area (Å²) in [6.07, 6.45) is -0.540. The van der Waals surface area contributed by atoms with Gasteiger partial charge in [-0.15, -0.1) is 0 Å². The van der Waals surface area contributed by atoms with Crippen LogP contribution >= 0.6 is 0 Å². The lowest BCUT2D eigenvalue weighted by Gasteiger charge is -2.30. The Hall–Kier alpha value is -2.94. The van der Waals surface area contributed by atoms with E-state index >= 15 is 0 Å². The summed E-state index contributed by atoms with van der Waals surface area (Å²) in [5.41, 5.74) is 0.0523. The molecule has 2 rings (SSSR count). The Bertz CT molecular complexity index is 750. The summed E-state index contributed by atoms with van der Waals surface area (Å²) in [4.78, 5) is 48.8. The largest absolute Gasteiger partial charge is 0.481 e. The molecule has 3 N–H and O–H groups in total. The fraction of sp³-hybridized carbons (Fsp3) is 0.444. The first-order chi connectivity index (χ1) is 12.7. The molecular weight excluding hydrogens is 354 g/mol. The summed E-state index contributed by atoms with van der Waals surface area (Å²) in [6, 6.07) is 6.92. The highest BCUT2D eigenvalue weighted by molar-refractivity contribution is 6.10.